The second-order valence-corrected chi connectivity index (χ2v) is 6.92. The van der Waals surface area contributed by atoms with Crippen molar-refractivity contribution in [1.82, 2.24) is 5.32 Å². The molecule has 0 aliphatic carbocycles. The molecule has 0 heterocycles. The van der Waals surface area contributed by atoms with Gasteiger partial charge in [0.1, 0.15) is 5.75 Å². The monoisotopic (exact) mass is 398 g/mol. The molecular formula is C23H30N2O4. The minimum atomic E-state index is -0.659. The van der Waals surface area contributed by atoms with E-state index in [1.165, 1.54) is 0 Å². The fourth-order valence-corrected chi connectivity index (χ4v) is 2.83. The Kier molecular flexibility index (Phi) is 8.68. The molecule has 6 nitrogen and oxygen atoms in total. The smallest absolute Gasteiger partial charge is 0.265 e. The topological polar surface area (TPSA) is 76.7 Å². The van der Waals surface area contributed by atoms with Gasteiger partial charge in [-0.3, -0.25) is 9.59 Å². The quantitative estimate of drug-likeness (QED) is 0.596. The van der Waals surface area contributed by atoms with E-state index in [0.29, 0.717) is 36.6 Å². The average Bonchev–Trinajstić information content (AvgIpc) is 2.72. The van der Waals surface area contributed by atoms with Crippen LogP contribution in [-0.4, -0.2) is 38.2 Å². The summed E-state index contributed by atoms with van der Waals surface area (Å²) in [5, 5.41) is 5.69. The summed E-state index contributed by atoms with van der Waals surface area (Å²) in [7, 11) is 1.62. The van der Waals surface area contributed by atoms with Crippen LogP contribution in [0, 0.1) is 13.8 Å². The number of nitrogens with one attached hydrogen (secondary N) is 2. The van der Waals surface area contributed by atoms with Crippen LogP contribution in [0.25, 0.3) is 0 Å². The van der Waals surface area contributed by atoms with E-state index >= 15 is 0 Å². The van der Waals surface area contributed by atoms with E-state index in [0.717, 1.165) is 17.5 Å². The van der Waals surface area contributed by atoms with Gasteiger partial charge in [-0.1, -0.05) is 31.2 Å². The summed E-state index contributed by atoms with van der Waals surface area (Å²) in [6, 6.07) is 12.9. The molecule has 29 heavy (non-hydrogen) atoms. The highest BCUT2D eigenvalue weighted by molar-refractivity contribution is 6.04. The second-order valence-electron chi connectivity index (χ2n) is 6.92. The van der Waals surface area contributed by atoms with Crippen LogP contribution in [0.2, 0.25) is 0 Å². The predicted molar refractivity (Wildman–Crippen MR) is 115 cm³/mol. The molecule has 1 atom stereocenters. The summed E-state index contributed by atoms with van der Waals surface area (Å²) in [4.78, 5) is 25.3. The van der Waals surface area contributed by atoms with Crippen molar-refractivity contribution in [2.45, 2.75) is 39.7 Å². The fourth-order valence-electron chi connectivity index (χ4n) is 2.83. The van der Waals surface area contributed by atoms with Gasteiger partial charge in [0.15, 0.2) is 6.10 Å². The largest absolute Gasteiger partial charge is 0.480 e. The molecule has 2 N–H and O–H groups in total. The maximum atomic E-state index is 12.8. The Labute approximate surface area is 172 Å². The molecule has 0 aliphatic heterocycles. The maximum Gasteiger partial charge on any atom is 0.265 e. The fraction of sp³-hybridized carbons (Fsp3) is 0.391. The van der Waals surface area contributed by atoms with Gasteiger partial charge in [0.25, 0.3) is 11.8 Å². The van der Waals surface area contributed by atoms with Crippen molar-refractivity contribution in [2.75, 3.05) is 25.6 Å². The Morgan fingerprint density at radius 2 is 1.86 bits per heavy atom. The number of ether oxygens (including phenoxy) is 2. The first-order valence-corrected chi connectivity index (χ1v) is 9.87. The van der Waals surface area contributed by atoms with E-state index in [1.54, 1.807) is 31.4 Å². The van der Waals surface area contributed by atoms with Gasteiger partial charge in [-0.05, 0) is 56.0 Å². The third kappa shape index (κ3) is 6.61. The van der Waals surface area contributed by atoms with Crippen LogP contribution in [0.3, 0.4) is 0 Å². The van der Waals surface area contributed by atoms with E-state index in [-0.39, 0.29) is 11.8 Å². The lowest BCUT2D eigenvalue weighted by atomic mass is 10.1. The van der Waals surface area contributed by atoms with E-state index < -0.39 is 6.10 Å². The van der Waals surface area contributed by atoms with Gasteiger partial charge in [-0.2, -0.15) is 0 Å². The van der Waals surface area contributed by atoms with Gasteiger partial charge < -0.3 is 20.1 Å². The first-order chi connectivity index (χ1) is 14.0. The summed E-state index contributed by atoms with van der Waals surface area (Å²) >= 11 is 0. The molecule has 0 unspecified atom stereocenters. The summed E-state index contributed by atoms with van der Waals surface area (Å²) < 4.78 is 11.0. The molecule has 0 fully saturated rings. The molecule has 2 amide bonds. The third-order valence-electron chi connectivity index (χ3n) is 4.52. The van der Waals surface area contributed by atoms with Crippen LogP contribution in [0.5, 0.6) is 5.75 Å². The molecule has 2 aromatic carbocycles. The van der Waals surface area contributed by atoms with Gasteiger partial charge in [0.05, 0.1) is 11.3 Å². The highest BCUT2D eigenvalue weighted by atomic mass is 16.5. The maximum absolute atomic E-state index is 12.8. The third-order valence-corrected chi connectivity index (χ3v) is 4.52. The number of para-hydroxylation sites is 1. The number of methoxy groups -OCH3 is 1. The zero-order chi connectivity index (χ0) is 21.2. The van der Waals surface area contributed by atoms with Gasteiger partial charge in [0.2, 0.25) is 0 Å². The molecule has 6 heteroatoms. The number of rotatable bonds is 10. The van der Waals surface area contributed by atoms with Crippen LogP contribution in [0.15, 0.2) is 42.5 Å². The molecule has 2 rings (SSSR count). The molecular weight excluding hydrogens is 368 g/mol. The molecule has 0 bridgehead atoms. The second kappa shape index (κ2) is 11.2. The number of hydrogen-bond acceptors (Lipinski definition) is 4. The van der Waals surface area contributed by atoms with E-state index in [4.69, 9.17) is 9.47 Å². The van der Waals surface area contributed by atoms with E-state index in [1.807, 2.05) is 39.0 Å². The van der Waals surface area contributed by atoms with Gasteiger partial charge in [0, 0.05) is 20.3 Å². The lowest BCUT2D eigenvalue weighted by Crippen LogP contribution is -2.34. The standard InChI is InChI=1S/C23H30N2O4/c1-5-20(29-21-15-16(2)11-12-17(21)3)23(27)25-19-10-7-6-9-18(19)22(26)24-13-8-14-28-4/h6-7,9-12,15,20H,5,8,13-14H2,1-4H3,(H,24,26)(H,25,27)/t20-/m1/s1. The Morgan fingerprint density at radius 3 is 2.59 bits per heavy atom. The summed E-state index contributed by atoms with van der Waals surface area (Å²) in [5.74, 6) is 0.171. The zero-order valence-electron chi connectivity index (χ0n) is 17.6. The summed E-state index contributed by atoms with van der Waals surface area (Å²) in [6.45, 7) is 6.90. The Hall–Kier alpha value is -2.86. The van der Waals surface area contributed by atoms with Crippen molar-refractivity contribution >= 4 is 17.5 Å². The Morgan fingerprint density at radius 1 is 1.10 bits per heavy atom. The molecule has 0 saturated heterocycles. The number of carbonyl (C=O) groups excluding carboxylic acids is 2. The first-order valence-electron chi connectivity index (χ1n) is 9.87. The predicted octanol–water partition coefficient (Wildman–Crippen LogP) is 3.87. The molecule has 0 saturated carbocycles. The van der Waals surface area contributed by atoms with Gasteiger partial charge >= 0.3 is 0 Å². The highest BCUT2D eigenvalue weighted by Crippen LogP contribution is 2.22. The van der Waals surface area contributed by atoms with Crippen LogP contribution in [0.4, 0.5) is 5.69 Å². The minimum absolute atomic E-state index is 0.236. The normalized spacial score (nSPS) is 11.6. The van der Waals surface area contributed by atoms with Crippen LogP contribution >= 0.6 is 0 Å². The zero-order valence-corrected chi connectivity index (χ0v) is 17.6. The highest BCUT2D eigenvalue weighted by Gasteiger charge is 2.21. The number of benzene rings is 2. The molecule has 2 aromatic rings. The Bertz CT molecular complexity index is 835. The number of hydrogen-bond donors (Lipinski definition) is 2. The van der Waals surface area contributed by atoms with Crippen molar-refractivity contribution in [2.24, 2.45) is 0 Å². The Balaban J connectivity index is 2.08. The van der Waals surface area contributed by atoms with Gasteiger partial charge in [-0.15, -0.1) is 0 Å². The van der Waals surface area contributed by atoms with Crippen LogP contribution < -0.4 is 15.4 Å². The summed E-state index contributed by atoms with van der Waals surface area (Å²) in [6.07, 6.45) is 0.566. The number of anilines is 1. The van der Waals surface area contributed by atoms with Crippen molar-refractivity contribution in [3.05, 3.63) is 59.2 Å². The van der Waals surface area contributed by atoms with E-state index in [2.05, 4.69) is 10.6 Å². The van der Waals surface area contributed by atoms with Crippen LogP contribution in [-0.2, 0) is 9.53 Å². The van der Waals surface area contributed by atoms with Crippen LogP contribution in [0.1, 0.15) is 41.3 Å². The molecule has 0 radical (unpaired) electrons. The van der Waals surface area contributed by atoms with E-state index in [9.17, 15) is 9.59 Å². The number of amides is 2. The SMILES string of the molecule is CC[C@@H](Oc1cc(C)ccc1C)C(=O)Nc1ccccc1C(=O)NCCCOC. The van der Waals surface area contributed by atoms with Gasteiger partial charge in [-0.25, -0.2) is 0 Å². The van der Waals surface area contributed by atoms with Crippen molar-refractivity contribution in [1.29, 1.82) is 0 Å². The lowest BCUT2D eigenvalue weighted by Gasteiger charge is -2.20. The summed E-state index contributed by atoms with van der Waals surface area (Å²) in [5.41, 5.74) is 2.92. The molecule has 156 valence electrons. The molecule has 0 aromatic heterocycles. The number of aryl methyl sites for hydroxylation is 2. The van der Waals surface area contributed by atoms with Crippen molar-refractivity contribution < 1.29 is 19.1 Å². The lowest BCUT2D eigenvalue weighted by molar-refractivity contribution is -0.122. The van der Waals surface area contributed by atoms with Crippen molar-refractivity contribution in [3.63, 3.8) is 0 Å². The first kappa shape index (κ1) is 22.4. The van der Waals surface area contributed by atoms with Crippen molar-refractivity contribution in [3.8, 4) is 5.75 Å². The molecule has 0 spiro atoms. The average molecular weight is 399 g/mol. The number of carbonyl (C=O) groups is 2. The minimum Gasteiger partial charge on any atom is -0.480 e. The molecule has 0 aliphatic rings.